The fourth-order valence-corrected chi connectivity index (χ4v) is 1.40. The third-order valence-corrected chi connectivity index (χ3v) is 2.07. The number of aromatic nitrogens is 2. The molecule has 0 N–H and O–H groups in total. The fourth-order valence-electron chi connectivity index (χ4n) is 1.40. The number of methoxy groups -OCH3 is 1. The maximum atomic E-state index is 11.3. The van der Waals surface area contributed by atoms with Crippen molar-refractivity contribution in [1.82, 2.24) is 9.78 Å². The number of hydrogen-bond acceptors (Lipinski definition) is 3. The molecule has 13 heavy (non-hydrogen) atoms. The fraction of sp³-hybridized carbons (Fsp3) is 0.556. The monoisotopic (exact) mass is 182 g/mol. The molecule has 0 radical (unpaired) electrons. The summed E-state index contributed by atoms with van der Waals surface area (Å²) in [6.45, 7) is 6.44. The maximum Gasteiger partial charge on any atom is 0.341 e. The molecule has 0 aromatic carbocycles. The second kappa shape index (κ2) is 3.60. The van der Waals surface area contributed by atoms with Gasteiger partial charge in [-0.15, -0.1) is 0 Å². The minimum atomic E-state index is -0.310. The molecule has 0 aliphatic rings. The summed E-state index contributed by atoms with van der Waals surface area (Å²) in [6.07, 6.45) is 0. The Labute approximate surface area is 77.5 Å². The Morgan fingerprint density at radius 2 is 2.15 bits per heavy atom. The van der Waals surface area contributed by atoms with E-state index in [1.807, 2.05) is 20.8 Å². The van der Waals surface area contributed by atoms with E-state index >= 15 is 0 Å². The summed E-state index contributed by atoms with van der Waals surface area (Å²) in [6, 6.07) is 0. The van der Waals surface area contributed by atoms with Crippen LogP contribution in [0.1, 0.15) is 28.7 Å². The van der Waals surface area contributed by atoms with Crippen molar-refractivity contribution in [1.29, 1.82) is 0 Å². The molecule has 0 aliphatic carbocycles. The first-order chi connectivity index (χ1) is 6.11. The van der Waals surface area contributed by atoms with Crippen molar-refractivity contribution >= 4 is 5.97 Å². The van der Waals surface area contributed by atoms with Gasteiger partial charge in [0.15, 0.2) is 0 Å². The first kappa shape index (κ1) is 9.77. The first-order valence-electron chi connectivity index (χ1n) is 4.24. The number of ether oxygens (including phenoxy) is 1. The largest absolute Gasteiger partial charge is 0.465 e. The lowest BCUT2D eigenvalue weighted by atomic mass is 10.2. The van der Waals surface area contributed by atoms with Gasteiger partial charge in [0.05, 0.1) is 18.5 Å². The van der Waals surface area contributed by atoms with E-state index in [4.69, 9.17) is 0 Å². The average molecular weight is 182 g/mol. The zero-order valence-corrected chi connectivity index (χ0v) is 8.42. The summed E-state index contributed by atoms with van der Waals surface area (Å²) in [7, 11) is 1.38. The average Bonchev–Trinajstić information content (AvgIpc) is 2.40. The minimum absolute atomic E-state index is 0.310. The van der Waals surface area contributed by atoms with Crippen LogP contribution in [-0.4, -0.2) is 22.9 Å². The second-order valence-corrected chi connectivity index (χ2v) is 2.85. The Kier molecular flexibility index (Phi) is 2.70. The van der Waals surface area contributed by atoms with Crippen LogP contribution in [0.15, 0.2) is 0 Å². The molecule has 0 amide bonds. The van der Waals surface area contributed by atoms with Crippen LogP contribution in [0.4, 0.5) is 0 Å². The van der Waals surface area contributed by atoms with Crippen molar-refractivity contribution in [2.45, 2.75) is 27.3 Å². The van der Waals surface area contributed by atoms with Crippen molar-refractivity contribution in [2.24, 2.45) is 0 Å². The van der Waals surface area contributed by atoms with Gasteiger partial charge in [-0.05, 0) is 20.8 Å². The quantitative estimate of drug-likeness (QED) is 0.648. The standard InChI is InChI=1S/C9H14N2O2/c1-5-11-7(3)8(6(2)10-11)9(12)13-4/h5H2,1-4H3. The van der Waals surface area contributed by atoms with Gasteiger partial charge in [0, 0.05) is 6.54 Å². The van der Waals surface area contributed by atoms with Gasteiger partial charge in [0.1, 0.15) is 5.56 Å². The smallest absolute Gasteiger partial charge is 0.341 e. The Bertz CT molecular complexity index is 329. The van der Waals surface area contributed by atoms with Crippen LogP contribution in [0.2, 0.25) is 0 Å². The molecule has 0 fully saturated rings. The zero-order chi connectivity index (χ0) is 10.0. The van der Waals surface area contributed by atoms with E-state index in [2.05, 4.69) is 9.84 Å². The predicted octanol–water partition coefficient (Wildman–Crippen LogP) is 1.31. The molecule has 1 aromatic heterocycles. The van der Waals surface area contributed by atoms with E-state index in [1.165, 1.54) is 7.11 Å². The summed E-state index contributed by atoms with van der Waals surface area (Å²) in [5.74, 6) is -0.310. The molecule has 1 aromatic rings. The van der Waals surface area contributed by atoms with E-state index in [0.717, 1.165) is 17.9 Å². The molecule has 0 spiro atoms. The molecule has 1 heterocycles. The molecule has 4 heteroatoms. The summed E-state index contributed by atoms with van der Waals surface area (Å²) >= 11 is 0. The van der Waals surface area contributed by atoms with Crippen LogP contribution in [0.25, 0.3) is 0 Å². The molecule has 0 bridgehead atoms. The van der Waals surface area contributed by atoms with Gasteiger partial charge < -0.3 is 4.74 Å². The highest BCUT2D eigenvalue weighted by atomic mass is 16.5. The maximum absolute atomic E-state index is 11.3. The van der Waals surface area contributed by atoms with E-state index in [-0.39, 0.29) is 5.97 Å². The van der Waals surface area contributed by atoms with Gasteiger partial charge in [0.2, 0.25) is 0 Å². The van der Waals surface area contributed by atoms with Crippen LogP contribution in [0, 0.1) is 13.8 Å². The Hall–Kier alpha value is -1.32. The zero-order valence-electron chi connectivity index (χ0n) is 8.42. The highest BCUT2D eigenvalue weighted by Crippen LogP contribution is 2.13. The molecule has 0 unspecified atom stereocenters. The summed E-state index contributed by atoms with van der Waals surface area (Å²) < 4.78 is 6.46. The summed E-state index contributed by atoms with van der Waals surface area (Å²) in [5.41, 5.74) is 2.18. The van der Waals surface area contributed by atoms with E-state index in [9.17, 15) is 4.79 Å². The Balaban J connectivity index is 3.20. The van der Waals surface area contributed by atoms with Gasteiger partial charge >= 0.3 is 5.97 Å². The van der Waals surface area contributed by atoms with E-state index in [1.54, 1.807) is 4.68 Å². The Morgan fingerprint density at radius 1 is 1.54 bits per heavy atom. The first-order valence-corrected chi connectivity index (χ1v) is 4.24. The highest BCUT2D eigenvalue weighted by Gasteiger charge is 2.17. The van der Waals surface area contributed by atoms with E-state index in [0.29, 0.717) is 5.56 Å². The number of carbonyl (C=O) groups excluding carboxylic acids is 1. The number of carbonyl (C=O) groups is 1. The van der Waals surface area contributed by atoms with Crippen LogP contribution >= 0.6 is 0 Å². The molecule has 4 nitrogen and oxygen atoms in total. The van der Waals surface area contributed by atoms with Gasteiger partial charge in [-0.1, -0.05) is 0 Å². The minimum Gasteiger partial charge on any atom is -0.465 e. The number of hydrogen-bond donors (Lipinski definition) is 0. The van der Waals surface area contributed by atoms with E-state index < -0.39 is 0 Å². The number of aryl methyl sites for hydroxylation is 2. The molecular weight excluding hydrogens is 168 g/mol. The van der Waals surface area contributed by atoms with Gasteiger partial charge in [0.25, 0.3) is 0 Å². The van der Waals surface area contributed by atoms with Crippen molar-refractivity contribution in [3.63, 3.8) is 0 Å². The van der Waals surface area contributed by atoms with Gasteiger partial charge in [-0.25, -0.2) is 4.79 Å². The third-order valence-electron chi connectivity index (χ3n) is 2.07. The number of nitrogens with zero attached hydrogens (tertiary/aromatic N) is 2. The normalized spacial score (nSPS) is 10.2. The number of rotatable bonds is 2. The SMILES string of the molecule is CCn1nc(C)c(C(=O)OC)c1C. The summed E-state index contributed by atoms with van der Waals surface area (Å²) in [5, 5.41) is 4.21. The Morgan fingerprint density at radius 3 is 2.54 bits per heavy atom. The third kappa shape index (κ3) is 1.56. The lowest BCUT2D eigenvalue weighted by molar-refractivity contribution is 0.0599. The number of esters is 1. The van der Waals surface area contributed by atoms with Crippen LogP contribution in [0.3, 0.4) is 0 Å². The molecule has 0 saturated carbocycles. The van der Waals surface area contributed by atoms with Crippen molar-refractivity contribution < 1.29 is 9.53 Å². The molecule has 0 atom stereocenters. The predicted molar refractivity (Wildman–Crippen MR) is 48.7 cm³/mol. The van der Waals surface area contributed by atoms with Gasteiger partial charge in [-0.3, -0.25) is 4.68 Å². The van der Waals surface area contributed by atoms with Crippen LogP contribution in [-0.2, 0) is 11.3 Å². The highest BCUT2D eigenvalue weighted by molar-refractivity contribution is 5.91. The van der Waals surface area contributed by atoms with Crippen LogP contribution < -0.4 is 0 Å². The lowest BCUT2D eigenvalue weighted by Crippen LogP contribution is -2.05. The topological polar surface area (TPSA) is 44.1 Å². The molecule has 1 rings (SSSR count). The van der Waals surface area contributed by atoms with Crippen molar-refractivity contribution in [2.75, 3.05) is 7.11 Å². The lowest BCUT2D eigenvalue weighted by Gasteiger charge is -2.00. The molecule has 72 valence electrons. The van der Waals surface area contributed by atoms with Crippen molar-refractivity contribution in [3.05, 3.63) is 17.0 Å². The second-order valence-electron chi connectivity index (χ2n) is 2.85. The van der Waals surface area contributed by atoms with Crippen molar-refractivity contribution in [3.8, 4) is 0 Å². The molecule has 0 saturated heterocycles. The van der Waals surface area contributed by atoms with Crippen LogP contribution in [0.5, 0.6) is 0 Å². The molecular formula is C9H14N2O2. The molecule has 0 aliphatic heterocycles. The van der Waals surface area contributed by atoms with Gasteiger partial charge in [-0.2, -0.15) is 5.10 Å². The summed E-state index contributed by atoms with van der Waals surface area (Å²) in [4.78, 5) is 11.3.